The molecule has 0 aromatic rings. The molecule has 1 unspecified atom stereocenters. The molecule has 0 aromatic carbocycles. The first-order chi connectivity index (χ1) is 6.51. The van der Waals surface area contributed by atoms with E-state index in [0.717, 1.165) is 0 Å². The predicted octanol–water partition coefficient (Wildman–Crippen LogP) is 2.32. The molecule has 0 fully saturated rings. The first-order valence-corrected chi connectivity index (χ1v) is 6.34. The quantitative estimate of drug-likeness (QED) is 0.584. The van der Waals surface area contributed by atoms with Gasteiger partial charge in [-0.1, -0.05) is 20.8 Å². The van der Waals surface area contributed by atoms with Crippen LogP contribution in [0.2, 0.25) is 0 Å². The first kappa shape index (κ1) is 15.3. The van der Waals surface area contributed by atoms with Gasteiger partial charge in [-0.15, -0.1) is 0 Å². The highest BCUT2D eigenvalue weighted by atomic mass is 31.2. The zero-order valence-electron chi connectivity index (χ0n) is 10.8. The maximum Gasteiger partial charge on any atom is 0.186 e. The Balaban J connectivity index is 5.06. The SMILES string of the molecule is CON(C(P(O)O)C(C)(C)C)C(C)(C)C. The van der Waals surface area contributed by atoms with Crippen molar-refractivity contribution in [3.63, 3.8) is 0 Å². The van der Waals surface area contributed by atoms with Gasteiger partial charge in [0, 0.05) is 5.54 Å². The van der Waals surface area contributed by atoms with Gasteiger partial charge in [-0.25, -0.2) is 0 Å². The summed E-state index contributed by atoms with van der Waals surface area (Å²) < 4.78 is 0. The van der Waals surface area contributed by atoms with E-state index in [4.69, 9.17) is 4.84 Å². The van der Waals surface area contributed by atoms with E-state index in [1.54, 1.807) is 12.2 Å². The average molecular weight is 237 g/mol. The highest BCUT2D eigenvalue weighted by Gasteiger charge is 2.41. The molecular weight excluding hydrogens is 213 g/mol. The normalized spacial score (nSPS) is 16.2. The summed E-state index contributed by atoms with van der Waals surface area (Å²) in [6.45, 7) is 11.8. The maximum atomic E-state index is 9.51. The Morgan fingerprint density at radius 2 is 1.47 bits per heavy atom. The van der Waals surface area contributed by atoms with Crippen molar-refractivity contribution in [2.45, 2.75) is 52.9 Å². The maximum absolute atomic E-state index is 9.51. The molecule has 15 heavy (non-hydrogen) atoms. The van der Waals surface area contributed by atoms with Crippen molar-refractivity contribution in [1.82, 2.24) is 5.06 Å². The topological polar surface area (TPSA) is 52.9 Å². The van der Waals surface area contributed by atoms with Crippen molar-refractivity contribution in [1.29, 1.82) is 0 Å². The third kappa shape index (κ3) is 4.33. The molecule has 0 aliphatic rings. The highest BCUT2D eigenvalue weighted by Crippen LogP contribution is 2.46. The van der Waals surface area contributed by atoms with Gasteiger partial charge in [0.2, 0.25) is 0 Å². The fourth-order valence-corrected chi connectivity index (χ4v) is 2.85. The van der Waals surface area contributed by atoms with Crippen LogP contribution in [0.3, 0.4) is 0 Å². The second-order valence-electron chi connectivity index (χ2n) is 5.74. The fraction of sp³-hybridized carbons (Fsp3) is 1.00. The molecule has 2 N–H and O–H groups in total. The Labute approximate surface area is 94.1 Å². The number of nitrogens with zero attached hydrogens (tertiary/aromatic N) is 1. The molecule has 0 spiro atoms. The largest absolute Gasteiger partial charge is 0.349 e. The van der Waals surface area contributed by atoms with Gasteiger partial charge in [0.15, 0.2) is 8.38 Å². The third-order valence-electron chi connectivity index (χ3n) is 2.07. The molecule has 1 atom stereocenters. The highest BCUT2D eigenvalue weighted by molar-refractivity contribution is 7.45. The molecule has 0 aromatic heterocycles. The van der Waals surface area contributed by atoms with Crippen molar-refractivity contribution in [2.75, 3.05) is 7.11 Å². The minimum atomic E-state index is -2.06. The van der Waals surface area contributed by atoms with Gasteiger partial charge in [0.05, 0.1) is 7.11 Å². The molecular formula is C10H24NO3P. The van der Waals surface area contributed by atoms with Crippen molar-refractivity contribution in [3.8, 4) is 0 Å². The Bertz CT molecular complexity index is 196. The zero-order chi connectivity index (χ0) is 12.4. The Hall–Kier alpha value is 0.270. The molecule has 0 heterocycles. The monoisotopic (exact) mass is 237 g/mol. The van der Waals surface area contributed by atoms with Gasteiger partial charge in [0.25, 0.3) is 0 Å². The molecule has 4 nitrogen and oxygen atoms in total. The average Bonchev–Trinajstić information content (AvgIpc) is 1.93. The van der Waals surface area contributed by atoms with Crippen molar-refractivity contribution in [2.24, 2.45) is 5.41 Å². The summed E-state index contributed by atoms with van der Waals surface area (Å²) in [4.78, 5) is 24.3. The summed E-state index contributed by atoms with van der Waals surface area (Å²) in [5.74, 6) is -0.405. The van der Waals surface area contributed by atoms with Crippen LogP contribution in [0.15, 0.2) is 0 Å². The summed E-state index contributed by atoms with van der Waals surface area (Å²) in [6, 6.07) is 0. The number of hydrogen-bond donors (Lipinski definition) is 2. The van der Waals surface area contributed by atoms with Gasteiger partial charge >= 0.3 is 0 Å². The first-order valence-electron chi connectivity index (χ1n) is 5.02. The Kier molecular flexibility index (Phi) is 5.16. The van der Waals surface area contributed by atoms with Crippen LogP contribution in [-0.2, 0) is 4.84 Å². The van der Waals surface area contributed by atoms with Crippen LogP contribution < -0.4 is 0 Å². The van der Waals surface area contributed by atoms with E-state index in [-0.39, 0.29) is 11.0 Å². The molecule has 92 valence electrons. The summed E-state index contributed by atoms with van der Waals surface area (Å²) in [6.07, 6.45) is 0. The lowest BCUT2D eigenvalue weighted by molar-refractivity contribution is -0.215. The predicted molar refractivity (Wildman–Crippen MR) is 63.2 cm³/mol. The number of rotatable bonds is 3. The molecule has 0 bridgehead atoms. The molecule has 0 aliphatic carbocycles. The van der Waals surface area contributed by atoms with Gasteiger partial charge in [-0.3, -0.25) is 0 Å². The molecule has 5 heteroatoms. The molecule has 0 rings (SSSR count). The summed E-state index contributed by atoms with van der Waals surface area (Å²) >= 11 is 0. The van der Waals surface area contributed by atoms with Gasteiger partial charge < -0.3 is 14.6 Å². The lowest BCUT2D eigenvalue weighted by Gasteiger charge is -2.45. The van der Waals surface area contributed by atoms with Crippen molar-refractivity contribution >= 4 is 8.38 Å². The lowest BCUT2D eigenvalue weighted by atomic mass is 9.94. The van der Waals surface area contributed by atoms with Crippen LogP contribution in [0.25, 0.3) is 0 Å². The van der Waals surface area contributed by atoms with E-state index in [9.17, 15) is 9.79 Å². The summed E-state index contributed by atoms with van der Waals surface area (Å²) in [5, 5.41) is 1.67. The molecule has 0 saturated heterocycles. The van der Waals surface area contributed by atoms with Crippen molar-refractivity contribution in [3.05, 3.63) is 0 Å². The van der Waals surface area contributed by atoms with E-state index in [1.807, 2.05) is 41.5 Å². The lowest BCUT2D eigenvalue weighted by Crippen LogP contribution is -2.51. The number of hydroxylamine groups is 2. The second kappa shape index (κ2) is 5.07. The standard InChI is InChI=1S/C10H24NO3P/c1-9(2,3)8(15(12)13)11(14-7)10(4,5)6/h8,12-13H,1-7H3. The van der Waals surface area contributed by atoms with Crippen LogP contribution in [0.5, 0.6) is 0 Å². The Morgan fingerprint density at radius 1 is 1.07 bits per heavy atom. The van der Waals surface area contributed by atoms with Crippen molar-refractivity contribution < 1.29 is 14.6 Å². The van der Waals surface area contributed by atoms with Gasteiger partial charge in [-0.2, -0.15) is 5.06 Å². The van der Waals surface area contributed by atoms with Crippen LogP contribution >= 0.6 is 8.38 Å². The van der Waals surface area contributed by atoms with Gasteiger partial charge in [0.1, 0.15) is 5.78 Å². The zero-order valence-corrected chi connectivity index (χ0v) is 11.7. The molecule has 0 saturated carbocycles. The van der Waals surface area contributed by atoms with E-state index in [1.165, 1.54) is 0 Å². The van der Waals surface area contributed by atoms with Gasteiger partial charge in [-0.05, 0) is 26.2 Å². The van der Waals surface area contributed by atoms with E-state index < -0.39 is 14.2 Å². The number of hydrogen-bond acceptors (Lipinski definition) is 4. The summed E-state index contributed by atoms with van der Waals surface area (Å²) in [5.41, 5.74) is -0.517. The van der Waals surface area contributed by atoms with Crippen LogP contribution in [0.1, 0.15) is 41.5 Å². The van der Waals surface area contributed by atoms with E-state index in [0.29, 0.717) is 0 Å². The second-order valence-corrected chi connectivity index (χ2v) is 6.87. The minimum absolute atomic E-state index is 0.251. The molecule has 0 radical (unpaired) electrons. The van der Waals surface area contributed by atoms with E-state index >= 15 is 0 Å². The molecule has 0 amide bonds. The van der Waals surface area contributed by atoms with Crippen LogP contribution in [-0.4, -0.2) is 33.3 Å². The van der Waals surface area contributed by atoms with Crippen LogP contribution in [0, 0.1) is 5.41 Å². The minimum Gasteiger partial charge on any atom is -0.349 e. The fourth-order valence-electron chi connectivity index (χ4n) is 1.53. The summed E-state index contributed by atoms with van der Waals surface area (Å²) in [7, 11) is -0.502. The van der Waals surface area contributed by atoms with E-state index in [2.05, 4.69) is 0 Å². The smallest absolute Gasteiger partial charge is 0.186 e. The van der Waals surface area contributed by atoms with Crippen LogP contribution in [0.4, 0.5) is 0 Å². The molecule has 0 aliphatic heterocycles. The Morgan fingerprint density at radius 3 is 1.53 bits per heavy atom. The third-order valence-corrected chi connectivity index (χ3v) is 3.50.